The van der Waals surface area contributed by atoms with E-state index in [1.165, 1.54) is 18.3 Å². The van der Waals surface area contributed by atoms with Crippen LogP contribution in [0.15, 0.2) is 35.3 Å². The summed E-state index contributed by atoms with van der Waals surface area (Å²) in [6, 6.07) is 5.86. The van der Waals surface area contributed by atoms with Gasteiger partial charge in [-0.3, -0.25) is 9.59 Å². The van der Waals surface area contributed by atoms with Crippen LogP contribution in [0.4, 0.5) is 5.69 Å². The molecule has 1 aromatic carbocycles. The number of H-pyrrole nitrogens is 1. The first-order chi connectivity index (χ1) is 9.88. The van der Waals surface area contributed by atoms with E-state index < -0.39 is 17.4 Å². The van der Waals surface area contributed by atoms with Crippen LogP contribution >= 0.6 is 0 Å². The van der Waals surface area contributed by atoms with Crippen molar-refractivity contribution in [2.24, 2.45) is 0 Å². The van der Waals surface area contributed by atoms with Crippen LogP contribution in [0, 0.1) is 13.8 Å². The summed E-state index contributed by atoms with van der Waals surface area (Å²) >= 11 is 0. The number of hydrogen-bond donors (Lipinski definition) is 3. The molecule has 0 aliphatic heterocycles. The number of pyridine rings is 1. The van der Waals surface area contributed by atoms with Crippen molar-refractivity contribution in [3.63, 3.8) is 0 Å². The first-order valence-corrected chi connectivity index (χ1v) is 6.23. The summed E-state index contributed by atoms with van der Waals surface area (Å²) in [4.78, 5) is 37.0. The van der Waals surface area contributed by atoms with Gasteiger partial charge in [-0.25, -0.2) is 4.79 Å². The zero-order valence-corrected chi connectivity index (χ0v) is 11.6. The lowest BCUT2D eigenvalue weighted by Crippen LogP contribution is -2.18. The van der Waals surface area contributed by atoms with Gasteiger partial charge in [-0.05, 0) is 37.1 Å². The molecule has 0 atom stereocenters. The molecule has 0 aliphatic rings. The predicted octanol–water partition coefficient (Wildman–Crippen LogP) is 1.94. The highest BCUT2D eigenvalue weighted by molar-refractivity contribution is 6.08. The maximum Gasteiger partial charge on any atom is 0.337 e. The molecule has 2 rings (SSSR count). The Morgan fingerprint density at radius 3 is 2.52 bits per heavy atom. The number of hydrogen-bond acceptors (Lipinski definition) is 3. The van der Waals surface area contributed by atoms with Gasteiger partial charge in [0, 0.05) is 17.8 Å². The van der Waals surface area contributed by atoms with Gasteiger partial charge in [-0.2, -0.15) is 0 Å². The lowest BCUT2D eigenvalue weighted by molar-refractivity contribution is 0.0698. The molecule has 0 spiro atoms. The zero-order chi connectivity index (χ0) is 15.6. The SMILES string of the molecule is Cc1cc(C)c(NC(=O)c2cc[nH]c(=O)c2)c(C(=O)O)c1. The molecule has 108 valence electrons. The van der Waals surface area contributed by atoms with Crippen molar-refractivity contribution in [3.8, 4) is 0 Å². The van der Waals surface area contributed by atoms with E-state index >= 15 is 0 Å². The van der Waals surface area contributed by atoms with Crippen LogP contribution in [0.25, 0.3) is 0 Å². The number of carboxylic acids is 1. The van der Waals surface area contributed by atoms with Crippen molar-refractivity contribution < 1.29 is 14.7 Å². The normalized spacial score (nSPS) is 10.2. The predicted molar refractivity (Wildman–Crippen MR) is 77.9 cm³/mol. The number of benzene rings is 1. The summed E-state index contributed by atoms with van der Waals surface area (Å²) in [5, 5.41) is 11.8. The second-order valence-corrected chi connectivity index (χ2v) is 4.71. The maximum atomic E-state index is 12.1. The molecule has 1 aromatic heterocycles. The summed E-state index contributed by atoms with van der Waals surface area (Å²) < 4.78 is 0. The molecule has 2 aromatic rings. The molecule has 1 amide bonds. The van der Waals surface area contributed by atoms with Gasteiger partial charge in [-0.1, -0.05) is 6.07 Å². The van der Waals surface area contributed by atoms with E-state index in [4.69, 9.17) is 0 Å². The number of rotatable bonds is 3. The molecule has 0 unspecified atom stereocenters. The minimum absolute atomic E-state index is 0.0192. The molecular weight excluding hydrogens is 272 g/mol. The van der Waals surface area contributed by atoms with E-state index in [1.54, 1.807) is 19.9 Å². The van der Waals surface area contributed by atoms with Gasteiger partial charge in [-0.15, -0.1) is 0 Å². The van der Waals surface area contributed by atoms with Crippen LogP contribution in [0.5, 0.6) is 0 Å². The molecule has 6 nitrogen and oxygen atoms in total. The fraction of sp³-hybridized carbons (Fsp3) is 0.133. The molecule has 3 N–H and O–H groups in total. The van der Waals surface area contributed by atoms with Crippen LogP contribution in [0.3, 0.4) is 0 Å². The van der Waals surface area contributed by atoms with Gasteiger partial charge >= 0.3 is 5.97 Å². The second-order valence-electron chi connectivity index (χ2n) is 4.71. The van der Waals surface area contributed by atoms with E-state index in [1.807, 2.05) is 0 Å². The van der Waals surface area contributed by atoms with Crippen LogP contribution in [-0.4, -0.2) is 22.0 Å². The first-order valence-electron chi connectivity index (χ1n) is 6.23. The molecule has 0 aliphatic carbocycles. The average molecular weight is 286 g/mol. The summed E-state index contributed by atoms with van der Waals surface area (Å²) in [6.07, 6.45) is 1.36. The minimum atomic E-state index is -1.12. The minimum Gasteiger partial charge on any atom is -0.478 e. The average Bonchev–Trinajstić information content (AvgIpc) is 2.41. The fourth-order valence-corrected chi connectivity index (χ4v) is 2.07. The number of carbonyl (C=O) groups is 2. The fourth-order valence-electron chi connectivity index (χ4n) is 2.07. The number of aryl methyl sites for hydroxylation is 2. The van der Waals surface area contributed by atoms with Crippen molar-refractivity contribution in [1.29, 1.82) is 0 Å². The van der Waals surface area contributed by atoms with E-state index in [9.17, 15) is 19.5 Å². The topological polar surface area (TPSA) is 99.3 Å². The Morgan fingerprint density at radius 1 is 1.19 bits per heavy atom. The van der Waals surface area contributed by atoms with Gasteiger partial charge in [0.05, 0.1) is 11.3 Å². The maximum absolute atomic E-state index is 12.1. The van der Waals surface area contributed by atoms with Crippen LogP contribution in [-0.2, 0) is 0 Å². The third kappa shape index (κ3) is 3.17. The van der Waals surface area contributed by atoms with E-state index in [2.05, 4.69) is 10.3 Å². The monoisotopic (exact) mass is 286 g/mol. The Kier molecular flexibility index (Phi) is 3.89. The molecule has 6 heteroatoms. The molecule has 0 saturated heterocycles. The zero-order valence-electron chi connectivity index (χ0n) is 11.6. The second kappa shape index (κ2) is 5.62. The lowest BCUT2D eigenvalue weighted by atomic mass is 10.0. The molecule has 0 radical (unpaired) electrons. The number of amides is 1. The molecule has 0 bridgehead atoms. The number of nitrogens with one attached hydrogen (secondary N) is 2. The molecular formula is C15H14N2O4. The number of carbonyl (C=O) groups excluding carboxylic acids is 1. The van der Waals surface area contributed by atoms with Crippen molar-refractivity contribution >= 4 is 17.6 Å². The third-order valence-corrected chi connectivity index (χ3v) is 2.99. The van der Waals surface area contributed by atoms with Crippen molar-refractivity contribution in [2.75, 3.05) is 5.32 Å². The van der Waals surface area contributed by atoms with Crippen molar-refractivity contribution in [1.82, 2.24) is 4.98 Å². The summed E-state index contributed by atoms with van der Waals surface area (Å²) in [5.74, 6) is -1.65. The van der Waals surface area contributed by atoms with Gasteiger partial charge in [0.25, 0.3) is 5.91 Å². The largest absolute Gasteiger partial charge is 0.478 e. The van der Waals surface area contributed by atoms with E-state index in [-0.39, 0.29) is 16.8 Å². The third-order valence-electron chi connectivity index (χ3n) is 2.99. The number of aromatic nitrogens is 1. The molecule has 0 saturated carbocycles. The summed E-state index contributed by atoms with van der Waals surface area (Å²) in [5.41, 5.74) is 1.45. The van der Waals surface area contributed by atoms with Crippen LogP contribution in [0.2, 0.25) is 0 Å². The lowest BCUT2D eigenvalue weighted by Gasteiger charge is -2.12. The smallest absolute Gasteiger partial charge is 0.337 e. The van der Waals surface area contributed by atoms with Gasteiger partial charge in [0.1, 0.15) is 0 Å². The molecule has 0 fully saturated rings. The highest BCUT2D eigenvalue weighted by atomic mass is 16.4. The molecule has 1 heterocycles. The van der Waals surface area contributed by atoms with E-state index in [0.29, 0.717) is 5.56 Å². The number of anilines is 1. The van der Waals surface area contributed by atoms with Gasteiger partial charge in [0.15, 0.2) is 0 Å². The number of aromatic carboxylic acids is 1. The Hall–Kier alpha value is -2.89. The van der Waals surface area contributed by atoms with Crippen LogP contribution < -0.4 is 10.9 Å². The standard InChI is InChI=1S/C15H14N2O4/c1-8-5-9(2)13(11(6-8)15(20)21)17-14(19)10-3-4-16-12(18)7-10/h3-7H,1-2H3,(H,16,18)(H,17,19)(H,20,21). The van der Waals surface area contributed by atoms with Gasteiger partial charge in [0.2, 0.25) is 5.56 Å². The first kappa shape index (κ1) is 14.5. The van der Waals surface area contributed by atoms with Crippen molar-refractivity contribution in [2.45, 2.75) is 13.8 Å². The quantitative estimate of drug-likeness (QED) is 0.802. The Labute approximate surface area is 120 Å². The summed E-state index contributed by atoms with van der Waals surface area (Å²) in [7, 11) is 0. The Bertz CT molecular complexity index is 777. The molecule has 21 heavy (non-hydrogen) atoms. The van der Waals surface area contributed by atoms with E-state index in [0.717, 1.165) is 11.6 Å². The van der Waals surface area contributed by atoms with Crippen molar-refractivity contribution in [3.05, 3.63) is 63.1 Å². The Balaban J connectivity index is 2.42. The van der Waals surface area contributed by atoms with Gasteiger partial charge < -0.3 is 15.4 Å². The highest BCUT2D eigenvalue weighted by Crippen LogP contribution is 2.23. The number of carboxylic acid groups (broad SMARTS) is 1. The van der Waals surface area contributed by atoms with Crippen LogP contribution in [0.1, 0.15) is 31.8 Å². The summed E-state index contributed by atoms with van der Waals surface area (Å²) in [6.45, 7) is 3.49. The highest BCUT2D eigenvalue weighted by Gasteiger charge is 2.16. The number of aromatic amines is 1. The Morgan fingerprint density at radius 2 is 1.90 bits per heavy atom.